The van der Waals surface area contributed by atoms with Gasteiger partial charge in [-0.2, -0.15) is 0 Å². The number of aromatic hydroxyl groups is 1. The third-order valence-corrected chi connectivity index (χ3v) is 4.02. The lowest BCUT2D eigenvalue weighted by molar-refractivity contribution is 0.0955. The first kappa shape index (κ1) is 14.9. The number of hydrazone groups is 1. The van der Waals surface area contributed by atoms with Crippen LogP contribution in [0.5, 0.6) is 11.5 Å². The first-order valence-corrected chi connectivity index (χ1v) is 7.00. The van der Waals surface area contributed by atoms with Crippen molar-refractivity contribution >= 4 is 46.6 Å². The maximum Gasteiger partial charge on any atom is 0.277 e. The number of phenols is 1. The second kappa shape index (κ2) is 5.64. The molecule has 0 saturated carbocycles. The molecule has 0 radical (unpaired) electrons. The molecule has 0 bridgehead atoms. The number of nitrogens with zero attached hydrogens (tertiary/aromatic N) is 2. The predicted molar refractivity (Wildman–Crippen MR) is 82.0 cm³/mol. The second-order valence-corrected chi connectivity index (χ2v) is 5.30. The van der Waals surface area contributed by atoms with Gasteiger partial charge in [-0.05, 0) is 12.1 Å². The Balaban J connectivity index is 2.19. The Hall–Kier alpha value is -2.02. The summed E-state index contributed by atoms with van der Waals surface area (Å²) in [7, 11) is 0. The average Bonchev–Trinajstić information content (AvgIpc) is 2.71. The van der Waals surface area contributed by atoms with Crippen molar-refractivity contribution in [2.75, 3.05) is 0 Å². The molecule has 9 heteroatoms. The number of halogens is 3. The number of aromatic nitrogens is 1. The number of phenolic OH excluding ortho intramolecular Hbond substituents is 1. The maximum atomic E-state index is 12.1. The number of pyridine rings is 1. The van der Waals surface area contributed by atoms with E-state index in [9.17, 15) is 9.90 Å². The Bertz CT molecular complexity index is 809. The second-order valence-electron chi connectivity index (χ2n) is 4.17. The molecule has 2 aromatic rings. The molecule has 0 atom stereocenters. The van der Waals surface area contributed by atoms with Gasteiger partial charge in [0.15, 0.2) is 11.5 Å². The van der Waals surface area contributed by atoms with Crippen LogP contribution in [-0.2, 0) is 0 Å². The van der Waals surface area contributed by atoms with E-state index in [-0.39, 0.29) is 32.3 Å². The zero-order valence-corrected chi connectivity index (χ0v) is 12.9. The van der Waals surface area contributed by atoms with Crippen LogP contribution in [0.2, 0.25) is 15.1 Å². The standard InChI is InChI=1S/C13H6Cl3N3O3/c14-7-6-11(9(16)8(15)10(7)20)22-13(19-18-12(6)21)5-3-1-2-4-17-5/h1-4,20H,(H,18,21). The molecule has 0 unspecified atom stereocenters. The molecule has 0 spiro atoms. The molecule has 0 aliphatic carbocycles. The van der Waals surface area contributed by atoms with Crippen LogP contribution in [0.1, 0.15) is 16.1 Å². The molecule has 1 amide bonds. The molecule has 0 fully saturated rings. The molecule has 2 heterocycles. The van der Waals surface area contributed by atoms with Crippen molar-refractivity contribution in [1.82, 2.24) is 10.4 Å². The summed E-state index contributed by atoms with van der Waals surface area (Å²) in [6.45, 7) is 0. The highest BCUT2D eigenvalue weighted by Gasteiger charge is 2.30. The molecular weight excluding hydrogens is 353 g/mol. The normalized spacial score (nSPS) is 13.6. The number of rotatable bonds is 1. The van der Waals surface area contributed by atoms with Crippen LogP contribution in [0.4, 0.5) is 0 Å². The van der Waals surface area contributed by atoms with Gasteiger partial charge < -0.3 is 9.84 Å². The third-order valence-electron chi connectivity index (χ3n) is 2.82. The van der Waals surface area contributed by atoms with E-state index in [0.717, 1.165) is 0 Å². The van der Waals surface area contributed by atoms with Crippen molar-refractivity contribution in [3.05, 3.63) is 50.7 Å². The molecular formula is C13H6Cl3N3O3. The van der Waals surface area contributed by atoms with Crippen molar-refractivity contribution in [3.8, 4) is 11.5 Å². The Kier molecular flexibility index (Phi) is 3.82. The predicted octanol–water partition coefficient (Wildman–Crippen LogP) is 3.23. The fraction of sp³-hybridized carbons (Fsp3) is 0. The van der Waals surface area contributed by atoms with E-state index in [2.05, 4.69) is 15.5 Å². The molecule has 1 aromatic carbocycles. The van der Waals surface area contributed by atoms with E-state index < -0.39 is 11.7 Å². The molecule has 112 valence electrons. The van der Waals surface area contributed by atoms with E-state index in [1.54, 1.807) is 18.2 Å². The molecule has 6 nitrogen and oxygen atoms in total. The minimum Gasteiger partial charge on any atom is -0.505 e. The van der Waals surface area contributed by atoms with Gasteiger partial charge in [-0.1, -0.05) is 40.9 Å². The van der Waals surface area contributed by atoms with Gasteiger partial charge in [-0.25, -0.2) is 5.43 Å². The minimum atomic E-state index is -0.695. The Morgan fingerprint density at radius 2 is 1.91 bits per heavy atom. The number of fused-ring (bicyclic) bond motifs is 1. The Morgan fingerprint density at radius 1 is 1.14 bits per heavy atom. The number of amides is 1. The highest BCUT2D eigenvalue weighted by molar-refractivity contribution is 6.47. The number of carbonyl (C=O) groups is 1. The molecule has 2 N–H and O–H groups in total. The summed E-state index contributed by atoms with van der Waals surface area (Å²) < 4.78 is 5.55. The number of nitrogens with one attached hydrogen (secondary N) is 1. The summed E-state index contributed by atoms with van der Waals surface area (Å²) >= 11 is 17.9. The first-order valence-electron chi connectivity index (χ1n) is 5.87. The van der Waals surface area contributed by atoms with Gasteiger partial charge >= 0.3 is 0 Å². The molecule has 1 aliphatic heterocycles. The van der Waals surface area contributed by atoms with Gasteiger partial charge in [0.1, 0.15) is 26.3 Å². The third kappa shape index (κ3) is 2.35. The Morgan fingerprint density at radius 3 is 2.59 bits per heavy atom. The number of carbonyl (C=O) groups excluding carboxylic acids is 1. The summed E-state index contributed by atoms with van der Waals surface area (Å²) in [5.74, 6) is -1.30. The first-order chi connectivity index (χ1) is 10.5. The highest BCUT2D eigenvalue weighted by atomic mass is 35.5. The largest absolute Gasteiger partial charge is 0.505 e. The Labute approximate surface area is 139 Å². The highest BCUT2D eigenvalue weighted by Crippen LogP contribution is 2.47. The summed E-state index contributed by atoms with van der Waals surface area (Å²) in [4.78, 5) is 16.2. The van der Waals surface area contributed by atoms with E-state index in [0.29, 0.717) is 5.69 Å². The van der Waals surface area contributed by atoms with Crippen LogP contribution in [0.3, 0.4) is 0 Å². The summed E-state index contributed by atoms with van der Waals surface area (Å²) in [5.41, 5.74) is 2.45. The van der Waals surface area contributed by atoms with E-state index >= 15 is 0 Å². The number of hydrogen-bond acceptors (Lipinski definition) is 5. The molecule has 1 aromatic heterocycles. The number of ether oxygens (including phenoxy) is 1. The number of benzene rings is 1. The summed E-state index contributed by atoms with van der Waals surface area (Å²) in [5, 5.41) is 13.0. The van der Waals surface area contributed by atoms with E-state index in [1.165, 1.54) is 6.20 Å². The van der Waals surface area contributed by atoms with Gasteiger partial charge in [0.25, 0.3) is 11.8 Å². The van der Waals surface area contributed by atoms with Gasteiger partial charge in [0.2, 0.25) is 0 Å². The fourth-order valence-electron chi connectivity index (χ4n) is 1.80. The lowest BCUT2D eigenvalue weighted by atomic mass is 10.1. The van der Waals surface area contributed by atoms with Crippen molar-refractivity contribution < 1.29 is 14.6 Å². The quantitative estimate of drug-likeness (QED) is 0.767. The van der Waals surface area contributed by atoms with Gasteiger partial charge in [0, 0.05) is 6.20 Å². The van der Waals surface area contributed by atoms with Gasteiger partial charge in [0.05, 0.1) is 0 Å². The van der Waals surface area contributed by atoms with Gasteiger partial charge in [-0.3, -0.25) is 9.78 Å². The van der Waals surface area contributed by atoms with Crippen LogP contribution >= 0.6 is 34.8 Å². The maximum absolute atomic E-state index is 12.1. The average molecular weight is 359 g/mol. The monoisotopic (exact) mass is 357 g/mol. The lowest BCUT2D eigenvalue weighted by Gasteiger charge is -2.13. The van der Waals surface area contributed by atoms with Crippen LogP contribution in [0.15, 0.2) is 29.5 Å². The minimum absolute atomic E-state index is 0.00687. The summed E-state index contributed by atoms with van der Waals surface area (Å²) in [6, 6.07) is 5.07. The molecule has 3 rings (SSSR count). The summed E-state index contributed by atoms with van der Waals surface area (Å²) in [6.07, 6.45) is 1.53. The molecule has 1 aliphatic rings. The van der Waals surface area contributed by atoms with Crippen LogP contribution in [0, 0.1) is 0 Å². The lowest BCUT2D eigenvalue weighted by Crippen LogP contribution is -2.18. The topological polar surface area (TPSA) is 83.8 Å². The van der Waals surface area contributed by atoms with Crippen LogP contribution in [0.25, 0.3) is 0 Å². The smallest absolute Gasteiger partial charge is 0.277 e. The zero-order chi connectivity index (χ0) is 15.9. The fourth-order valence-corrected chi connectivity index (χ4v) is 2.52. The van der Waals surface area contributed by atoms with E-state index in [1.807, 2.05) is 0 Å². The van der Waals surface area contributed by atoms with Crippen molar-refractivity contribution in [1.29, 1.82) is 0 Å². The van der Waals surface area contributed by atoms with Gasteiger partial charge in [-0.15, -0.1) is 5.10 Å². The molecule has 0 saturated heterocycles. The van der Waals surface area contributed by atoms with E-state index in [4.69, 9.17) is 39.5 Å². The van der Waals surface area contributed by atoms with Crippen molar-refractivity contribution in [2.45, 2.75) is 0 Å². The van der Waals surface area contributed by atoms with Crippen LogP contribution in [-0.4, -0.2) is 21.9 Å². The SMILES string of the molecule is O=C1NN=C(c2ccccn2)Oc2c(Cl)c(Cl)c(O)c(Cl)c21. The van der Waals surface area contributed by atoms with Crippen molar-refractivity contribution in [3.63, 3.8) is 0 Å². The van der Waals surface area contributed by atoms with Crippen molar-refractivity contribution in [2.24, 2.45) is 5.10 Å². The zero-order valence-electron chi connectivity index (χ0n) is 10.6. The molecule has 22 heavy (non-hydrogen) atoms. The van der Waals surface area contributed by atoms with Crippen LogP contribution < -0.4 is 10.2 Å². The number of hydrogen-bond donors (Lipinski definition) is 2.